The van der Waals surface area contributed by atoms with Crippen molar-refractivity contribution < 1.29 is 4.79 Å². The highest BCUT2D eigenvalue weighted by molar-refractivity contribution is 5.78. The number of aldehydes is 1. The number of aromatic amines is 1. The van der Waals surface area contributed by atoms with Gasteiger partial charge in [-0.15, -0.1) is 0 Å². The fraction of sp³-hybridized carbons (Fsp3) is 0.100. The van der Waals surface area contributed by atoms with Gasteiger partial charge in [-0.05, 0) is 12.1 Å². The van der Waals surface area contributed by atoms with E-state index in [0.717, 1.165) is 22.9 Å². The number of hydrogen-bond acceptors (Lipinski definition) is 3. The molecule has 0 amide bonds. The van der Waals surface area contributed by atoms with Crippen LogP contribution >= 0.6 is 0 Å². The molecule has 0 saturated heterocycles. The van der Waals surface area contributed by atoms with E-state index in [1.807, 2.05) is 12.1 Å². The van der Waals surface area contributed by atoms with E-state index in [1.54, 1.807) is 18.5 Å². The molecule has 0 bridgehead atoms. The SMILES string of the molecule is O=CCC=Cc1cc2cn[nH]c2cn1. The Bertz CT molecular complexity index is 473. The van der Waals surface area contributed by atoms with Gasteiger partial charge in [-0.3, -0.25) is 10.1 Å². The summed E-state index contributed by atoms with van der Waals surface area (Å²) in [5, 5.41) is 7.73. The quantitative estimate of drug-likeness (QED) is 0.742. The first-order valence-corrected chi connectivity index (χ1v) is 4.29. The highest BCUT2D eigenvalue weighted by Gasteiger charge is 1.95. The van der Waals surface area contributed by atoms with Gasteiger partial charge in [0.15, 0.2) is 0 Å². The lowest BCUT2D eigenvalue weighted by Gasteiger charge is -1.91. The molecular weight excluding hydrogens is 178 g/mol. The highest BCUT2D eigenvalue weighted by Crippen LogP contribution is 2.10. The van der Waals surface area contributed by atoms with Crippen LogP contribution in [-0.4, -0.2) is 21.5 Å². The summed E-state index contributed by atoms with van der Waals surface area (Å²) in [6, 6.07) is 1.92. The highest BCUT2D eigenvalue weighted by atomic mass is 16.1. The number of rotatable bonds is 3. The van der Waals surface area contributed by atoms with Crippen molar-refractivity contribution >= 4 is 23.3 Å². The number of carbonyl (C=O) groups is 1. The van der Waals surface area contributed by atoms with E-state index in [0.29, 0.717) is 6.42 Å². The summed E-state index contributed by atoms with van der Waals surface area (Å²) in [5.41, 5.74) is 1.75. The molecule has 4 nitrogen and oxygen atoms in total. The Hall–Kier alpha value is -1.97. The molecule has 1 N–H and O–H groups in total. The number of H-pyrrole nitrogens is 1. The van der Waals surface area contributed by atoms with Gasteiger partial charge in [0.1, 0.15) is 6.29 Å². The predicted molar refractivity (Wildman–Crippen MR) is 53.6 cm³/mol. The summed E-state index contributed by atoms with van der Waals surface area (Å²) in [6.07, 6.45) is 8.34. The van der Waals surface area contributed by atoms with E-state index in [-0.39, 0.29) is 0 Å². The maximum Gasteiger partial charge on any atom is 0.123 e. The normalized spacial score (nSPS) is 11.1. The number of aromatic nitrogens is 3. The molecule has 0 fully saturated rings. The van der Waals surface area contributed by atoms with Gasteiger partial charge >= 0.3 is 0 Å². The molecular formula is C10H9N3O. The molecule has 0 aliphatic rings. The number of allylic oxidation sites excluding steroid dienone is 1. The molecule has 0 spiro atoms. The van der Waals surface area contributed by atoms with E-state index >= 15 is 0 Å². The largest absolute Gasteiger partial charge is 0.303 e. The van der Waals surface area contributed by atoms with Crippen LogP contribution in [0.4, 0.5) is 0 Å². The van der Waals surface area contributed by atoms with Crippen molar-refractivity contribution in [1.29, 1.82) is 0 Å². The summed E-state index contributed by atoms with van der Waals surface area (Å²) < 4.78 is 0. The molecule has 0 unspecified atom stereocenters. The van der Waals surface area contributed by atoms with Crippen molar-refractivity contribution in [1.82, 2.24) is 15.2 Å². The lowest BCUT2D eigenvalue weighted by atomic mass is 10.2. The number of nitrogens with one attached hydrogen (secondary N) is 1. The first kappa shape index (κ1) is 8.62. The monoisotopic (exact) mass is 187 g/mol. The molecule has 14 heavy (non-hydrogen) atoms. The van der Waals surface area contributed by atoms with Gasteiger partial charge < -0.3 is 4.79 Å². The van der Waals surface area contributed by atoms with Crippen molar-refractivity contribution in [3.8, 4) is 0 Å². The van der Waals surface area contributed by atoms with Gasteiger partial charge in [0.2, 0.25) is 0 Å². The summed E-state index contributed by atoms with van der Waals surface area (Å²) in [4.78, 5) is 14.3. The summed E-state index contributed by atoms with van der Waals surface area (Å²) in [6.45, 7) is 0. The first-order chi connectivity index (χ1) is 6.90. The predicted octanol–water partition coefficient (Wildman–Crippen LogP) is 1.56. The van der Waals surface area contributed by atoms with Crippen molar-refractivity contribution in [2.24, 2.45) is 0 Å². The van der Waals surface area contributed by atoms with Crippen LogP contribution in [0.5, 0.6) is 0 Å². The zero-order valence-electron chi connectivity index (χ0n) is 7.47. The minimum atomic E-state index is 0.422. The van der Waals surface area contributed by atoms with Gasteiger partial charge in [-0.1, -0.05) is 6.08 Å². The van der Waals surface area contributed by atoms with Crippen molar-refractivity contribution in [3.63, 3.8) is 0 Å². The maximum atomic E-state index is 10.1. The summed E-state index contributed by atoms with van der Waals surface area (Å²) in [5.74, 6) is 0. The van der Waals surface area contributed by atoms with Gasteiger partial charge in [0.25, 0.3) is 0 Å². The Morgan fingerprint density at radius 1 is 1.43 bits per heavy atom. The molecule has 2 rings (SSSR count). The fourth-order valence-corrected chi connectivity index (χ4v) is 1.20. The van der Waals surface area contributed by atoms with Crippen LogP contribution in [0, 0.1) is 0 Å². The Balaban J connectivity index is 2.29. The molecule has 0 aromatic carbocycles. The first-order valence-electron chi connectivity index (χ1n) is 4.29. The lowest BCUT2D eigenvalue weighted by Crippen LogP contribution is -1.79. The van der Waals surface area contributed by atoms with E-state index in [2.05, 4.69) is 15.2 Å². The van der Waals surface area contributed by atoms with E-state index in [9.17, 15) is 4.79 Å². The molecule has 0 aliphatic carbocycles. The number of nitrogens with zero attached hydrogens (tertiary/aromatic N) is 2. The van der Waals surface area contributed by atoms with Crippen LogP contribution < -0.4 is 0 Å². The van der Waals surface area contributed by atoms with Gasteiger partial charge in [-0.2, -0.15) is 5.10 Å². The number of hydrogen-bond donors (Lipinski definition) is 1. The minimum Gasteiger partial charge on any atom is -0.303 e. The van der Waals surface area contributed by atoms with Gasteiger partial charge in [-0.25, -0.2) is 0 Å². The molecule has 0 aliphatic heterocycles. The molecule has 70 valence electrons. The number of carbonyl (C=O) groups excluding carboxylic acids is 1. The van der Waals surface area contributed by atoms with Gasteiger partial charge in [0.05, 0.1) is 23.6 Å². The van der Waals surface area contributed by atoms with Crippen LogP contribution in [0.15, 0.2) is 24.5 Å². The molecule has 2 aromatic rings. The van der Waals surface area contributed by atoms with Crippen molar-refractivity contribution in [2.45, 2.75) is 6.42 Å². The standard InChI is InChI=1S/C10H9N3O/c14-4-2-1-3-9-5-8-6-12-13-10(8)7-11-9/h1,3-7H,2H2,(H,12,13). The number of pyridine rings is 1. The molecule has 4 heteroatoms. The molecule has 0 radical (unpaired) electrons. The van der Waals surface area contributed by atoms with Gasteiger partial charge in [0, 0.05) is 11.8 Å². The molecule has 2 aromatic heterocycles. The summed E-state index contributed by atoms with van der Waals surface area (Å²) in [7, 11) is 0. The third-order valence-corrected chi connectivity index (χ3v) is 1.87. The van der Waals surface area contributed by atoms with Crippen LogP contribution in [0.3, 0.4) is 0 Å². The second-order valence-corrected chi connectivity index (χ2v) is 2.87. The average Bonchev–Trinajstić information content (AvgIpc) is 2.65. The third kappa shape index (κ3) is 1.69. The topological polar surface area (TPSA) is 58.6 Å². The maximum absolute atomic E-state index is 10.1. The van der Waals surface area contributed by atoms with Crippen molar-refractivity contribution in [2.75, 3.05) is 0 Å². The zero-order valence-corrected chi connectivity index (χ0v) is 7.47. The van der Waals surface area contributed by atoms with Crippen LogP contribution in [0.25, 0.3) is 17.0 Å². The smallest absolute Gasteiger partial charge is 0.123 e. The molecule has 0 atom stereocenters. The Labute approximate surface area is 80.7 Å². The second-order valence-electron chi connectivity index (χ2n) is 2.87. The van der Waals surface area contributed by atoms with E-state index < -0.39 is 0 Å². The van der Waals surface area contributed by atoms with Crippen LogP contribution in [0.1, 0.15) is 12.1 Å². The minimum absolute atomic E-state index is 0.422. The number of fused-ring (bicyclic) bond motifs is 1. The Morgan fingerprint density at radius 2 is 2.36 bits per heavy atom. The van der Waals surface area contributed by atoms with E-state index in [1.165, 1.54) is 0 Å². The fourth-order valence-electron chi connectivity index (χ4n) is 1.20. The Kier molecular flexibility index (Phi) is 2.36. The lowest BCUT2D eigenvalue weighted by molar-refractivity contribution is -0.107. The van der Waals surface area contributed by atoms with E-state index in [4.69, 9.17) is 0 Å². The third-order valence-electron chi connectivity index (χ3n) is 1.87. The zero-order chi connectivity index (χ0) is 9.80. The second kappa shape index (κ2) is 3.83. The van der Waals surface area contributed by atoms with Crippen molar-refractivity contribution in [3.05, 3.63) is 30.2 Å². The Morgan fingerprint density at radius 3 is 3.21 bits per heavy atom. The molecule has 0 saturated carbocycles. The molecule has 2 heterocycles. The summed E-state index contributed by atoms with van der Waals surface area (Å²) >= 11 is 0. The van der Waals surface area contributed by atoms with Crippen LogP contribution in [-0.2, 0) is 4.79 Å². The average molecular weight is 187 g/mol. The van der Waals surface area contributed by atoms with Crippen LogP contribution in [0.2, 0.25) is 0 Å².